The van der Waals surface area contributed by atoms with Crippen molar-refractivity contribution in [1.82, 2.24) is 15.1 Å². The average Bonchev–Trinajstić information content (AvgIpc) is 3.22. The third kappa shape index (κ3) is 5.29. The number of anilines is 2. The molecule has 0 spiro atoms. The summed E-state index contributed by atoms with van der Waals surface area (Å²) in [6.07, 6.45) is 2.35. The van der Waals surface area contributed by atoms with Crippen molar-refractivity contribution in [2.24, 2.45) is 5.92 Å². The summed E-state index contributed by atoms with van der Waals surface area (Å²) in [6.45, 7) is 6.24. The molecule has 0 aliphatic carbocycles. The first-order valence-corrected chi connectivity index (χ1v) is 14.2. The van der Waals surface area contributed by atoms with Crippen LogP contribution < -0.4 is 15.1 Å². The number of hydrogen-bond donors (Lipinski definition) is 2. The zero-order valence-corrected chi connectivity index (χ0v) is 22.8. The summed E-state index contributed by atoms with van der Waals surface area (Å²) in [5.74, 6) is -2.29. The molecule has 1 unspecified atom stereocenters. The molecule has 0 bridgehead atoms. The highest BCUT2D eigenvalue weighted by Gasteiger charge is 2.44. The maximum absolute atomic E-state index is 13.2. The number of amides is 4. The van der Waals surface area contributed by atoms with Crippen LogP contribution in [0.1, 0.15) is 56.8 Å². The smallest absolute Gasteiger partial charge is 0.335 e. The zero-order chi connectivity index (χ0) is 28.7. The second-order valence-corrected chi connectivity index (χ2v) is 11.3. The van der Waals surface area contributed by atoms with Crippen molar-refractivity contribution in [1.29, 1.82) is 0 Å². The molecule has 0 saturated carbocycles. The van der Waals surface area contributed by atoms with Crippen LogP contribution in [0.3, 0.4) is 0 Å². The van der Waals surface area contributed by atoms with Crippen LogP contribution >= 0.6 is 0 Å². The van der Waals surface area contributed by atoms with Gasteiger partial charge in [0.25, 0.3) is 11.8 Å². The van der Waals surface area contributed by atoms with Crippen LogP contribution in [-0.4, -0.2) is 96.4 Å². The molecule has 2 N–H and O–H groups in total. The number of carboxylic acid groups (broad SMARTS) is 1. The molecule has 4 aliphatic heterocycles. The van der Waals surface area contributed by atoms with Gasteiger partial charge >= 0.3 is 5.97 Å². The lowest BCUT2D eigenvalue weighted by atomic mass is 9.95. The molecule has 6 rings (SSSR count). The Balaban J connectivity index is 1.02. The number of nitrogens with one attached hydrogen (secondary N) is 1. The van der Waals surface area contributed by atoms with Crippen LogP contribution in [0.4, 0.5) is 11.4 Å². The summed E-state index contributed by atoms with van der Waals surface area (Å²) in [5, 5.41) is 11.5. The monoisotopic (exact) mass is 559 g/mol. The number of rotatable bonds is 6. The third-order valence-electron chi connectivity index (χ3n) is 8.75. The second-order valence-electron chi connectivity index (χ2n) is 11.3. The summed E-state index contributed by atoms with van der Waals surface area (Å²) in [6, 6.07) is 11.5. The van der Waals surface area contributed by atoms with E-state index in [1.54, 1.807) is 30.3 Å². The van der Waals surface area contributed by atoms with Crippen LogP contribution in [-0.2, 0) is 9.59 Å². The molecule has 11 heteroatoms. The van der Waals surface area contributed by atoms with Crippen LogP contribution in [0.15, 0.2) is 42.5 Å². The van der Waals surface area contributed by atoms with Gasteiger partial charge < -0.3 is 14.9 Å². The number of imide groups is 2. The summed E-state index contributed by atoms with van der Waals surface area (Å²) in [4.78, 5) is 69.3. The van der Waals surface area contributed by atoms with Gasteiger partial charge in [0.1, 0.15) is 6.04 Å². The zero-order valence-electron chi connectivity index (χ0n) is 22.8. The first kappa shape index (κ1) is 26.9. The van der Waals surface area contributed by atoms with E-state index in [-0.39, 0.29) is 12.8 Å². The van der Waals surface area contributed by atoms with Gasteiger partial charge in [-0.2, -0.15) is 0 Å². The fraction of sp³-hybridized carbons (Fsp3) is 0.433. The van der Waals surface area contributed by atoms with Gasteiger partial charge in [-0.3, -0.25) is 34.3 Å². The van der Waals surface area contributed by atoms with Gasteiger partial charge in [0.2, 0.25) is 11.8 Å². The molecule has 2 aromatic carbocycles. The number of carbonyl (C=O) groups excluding carboxylic acids is 4. The van der Waals surface area contributed by atoms with E-state index in [2.05, 4.69) is 20.0 Å². The maximum atomic E-state index is 13.2. The molecule has 2 aromatic rings. The van der Waals surface area contributed by atoms with E-state index in [1.165, 1.54) is 0 Å². The van der Waals surface area contributed by atoms with Gasteiger partial charge in [-0.25, -0.2) is 4.79 Å². The maximum Gasteiger partial charge on any atom is 0.335 e. The molecule has 0 aromatic heterocycles. The normalized spacial score (nSPS) is 22.2. The minimum atomic E-state index is -0.964. The molecule has 214 valence electrons. The Labute approximate surface area is 237 Å². The molecule has 0 radical (unpaired) electrons. The minimum Gasteiger partial charge on any atom is -0.478 e. The fourth-order valence-corrected chi connectivity index (χ4v) is 6.42. The molecule has 3 fully saturated rings. The minimum absolute atomic E-state index is 0.0963. The lowest BCUT2D eigenvalue weighted by molar-refractivity contribution is -0.136. The van der Waals surface area contributed by atoms with Crippen molar-refractivity contribution in [3.63, 3.8) is 0 Å². The van der Waals surface area contributed by atoms with Crippen molar-refractivity contribution < 1.29 is 29.1 Å². The van der Waals surface area contributed by atoms with Crippen LogP contribution in [0.5, 0.6) is 0 Å². The van der Waals surface area contributed by atoms with Crippen molar-refractivity contribution in [2.45, 2.75) is 31.7 Å². The highest BCUT2D eigenvalue weighted by Crippen LogP contribution is 2.31. The number of piperazine rings is 1. The van der Waals surface area contributed by atoms with Crippen LogP contribution in [0.25, 0.3) is 0 Å². The lowest BCUT2D eigenvalue weighted by Crippen LogP contribution is -2.54. The van der Waals surface area contributed by atoms with Crippen molar-refractivity contribution in [3.05, 3.63) is 59.2 Å². The Morgan fingerprint density at radius 1 is 0.805 bits per heavy atom. The van der Waals surface area contributed by atoms with Gasteiger partial charge in [-0.05, 0) is 61.6 Å². The van der Waals surface area contributed by atoms with Crippen LogP contribution in [0, 0.1) is 5.92 Å². The Hall–Kier alpha value is -4.25. The second kappa shape index (κ2) is 11.0. The van der Waals surface area contributed by atoms with Crippen molar-refractivity contribution in [3.8, 4) is 0 Å². The highest BCUT2D eigenvalue weighted by atomic mass is 16.4. The lowest BCUT2D eigenvalue weighted by Gasteiger charge is -2.40. The number of hydrogen-bond acceptors (Lipinski definition) is 8. The molecule has 3 saturated heterocycles. The predicted molar refractivity (Wildman–Crippen MR) is 150 cm³/mol. The molecule has 1 atom stereocenters. The SMILES string of the molecule is O=C1CCC(N2C(=O)c3ccc(N4CCN(CC5CCN(c6cccc(C(=O)O)c6)CC5)CC4)cc3C2=O)C(=O)N1. The molecule has 4 aliphatic rings. The van der Waals surface area contributed by atoms with Crippen molar-refractivity contribution in [2.75, 3.05) is 55.6 Å². The molecular weight excluding hydrogens is 526 g/mol. The predicted octanol–water partition coefficient (Wildman–Crippen LogP) is 1.82. The standard InChI is InChI=1S/C30H33N5O6/c36-26-7-6-25(27(37)31-26)35-28(38)23-5-4-22(17-24(23)29(35)39)34-14-12-32(13-15-34)18-19-8-10-33(11-9-19)21-3-1-2-20(16-21)30(40)41/h1-5,16-17,19,25H,6-15,18H2,(H,40,41)(H,31,36,37). The molecule has 11 nitrogen and oxygen atoms in total. The quantitative estimate of drug-likeness (QED) is 0.509. The number of benzene rings is 2. The molecule has 4 amide bonds. The summed E-state index contributed by atoms with van der Waals surface area (Å²) >= 11 is 0. The van der Waals surface area contributed by atoms with E-state index in [0.717, 1.165) is 74.9 Å². The van der Waals surface area contributed by atoms with Gasteiger partial charge in [0.15, 0.2) is 0 Å². The van der Waals surface area contributed by atoms with Gasteiger partial charge in [0.05, 0.1) is 16.7 Å². The van der Waals surface area contributed by atoms with Gasteiger partial charge in [0, 0.05) is 63.6 Å². The first-order valence-electron chi connectivity index (χ1n) is 14.2. The Bertz CT molecular complexity index is 1410. The van der Waals surface area contributed by atoms with Gasteiger partial charge in [-0.15, -0.1) is 0 Å². The van der Waals surface area contributed by atoms with E-state index in [0.29, 0.717) is 22.6 Å². The first-order chi connectivity index (χ1) is 19.8. The number of fused-ring (bicyclic) bond motifs is 1. The van der Waals surface area contributed by atoms with E-state index in [4.69, 9.17) is 0 Å². The van der Waals surface area contributed by atoms with E-state index < -0.39 is 35.6 Å². The number of carbonyl (C=O) groups is 5. The number of nitrogens with zero attached hydrogens (tertiary/aromatic N) is 4. The number of carboxylic acids is 1. The summed E-state index contributed by atoms with van der Waals surface area (Å²) in [5.41, 5.74) is 2.76. The largest absolute Gasteiger partial charge is 0.478 e. The Morgan fingerprint density at radius 2 is 1.49 bits per heavy atom. The summed E-state index contributed by atoms with van der Waals surface area (Å²) in [7, 11) is 0. The Morgan fingerprint density at radius 3 is 2.20 bits per heavy atom. The third-order valence-corrected chi connectivity index (χ3v) is 8.75. The molecule has 41 heavy (non-hydrogen) atoms. The average molecular weight is 560 g/mol. The van der Waals surface area contributed by atoms with Crippen LogP contribution in [0.2, 0.25) is 0 Å². The number of piperidine rings is 2. The molecular formula is C30H33N5O6. The summed E-state index contributed by atoms with van der Waals surface area (Å²) < 4.78 is 0. The number of aromatic carboxylic acids is 1. The van der Waals surface area contributed by atoms with Gasteiger partial charge in [-0.1, -0.05) is 6.07 Å². The fourth-order valence-electron chi connectivity index (χ4n) is 6.42. The van der Waals surface area contributed by atoms with E-state index >= 15 is 0 Å². The Kier molecular flexibility index (Phi) is 7.21. The van der Waals surface area contributed by atoms with E-state index in [9.17, 15) is 29.1 Å². The molecule has 4 heterocycles. The topological polar surface area (TPSA) is 131 Å². The van der Waals surface area contributed by atoms with Crippen molar-refractivity contribution >= 4 is 41.0 Å². The van der Waals surface area contributed by atoms with E-state index in [1.807, 2.05) is 12.1 Å². The highest BCUT2D eigenvalue weighted by molar-refractivity contribution is 6.23.